The van der Waals surface area contributed by atoms with Gasteiger partial charge in [-0.3, -0.25) is 4.79 Å². The minimum Gasteiger partial charge on any atom is -0.381 e. The van der Waals surface area contributed by atoms with Gasteiger partial charge >= 0.3 is 0 Å². The molecule has 16 heavy (non-hydrogen) atoms. The molecule has 4 nitrogen and oxygen atoms in total. The quantitative estimate of drug-likeness (QED) is 0.665. The van der Waals surface area contributed by atoms with E-state index < -0.39 is 0 Å². The third-order valence-corrected chi connectivity index (χ3v) is 3.11. The highest BCUT2D eigenvalue weighted by molar-refractivity contribution is 5.76. The minimum atomic E-state index is 0.103. The van der Waals surface area contributed by atoms with Crippen LogP contribution in [0.15, 0.2) is 0 Å². The van der Waals surface area contributed by atoms with E-state index in [-0.39, 0.29) is 11.9 Å². The number of hydrogen-bond acceptors (Lipinski definition) is 3. The lowest BCUT2D eigenvalue weighted by atomic mass is 9.93. The summed E-state index contributed by atoms with van der Waals surface area (Å²) in [7, 11) is 0. The van der Waals surface area contributed by atoms with E-state index in [1.54, 1.807) is 0 Å². The summed E-state index contributed by atoms with van der Waals surface area (Å²) in [5.74, 6) is 0.677. The highest BCUT2D eigenvalue weighted by Gasteiger charge is 2.20. The Morgan fingerprint density at radius 1 is 1.62 bits per heavy atom. The van der Waals surface area contributed by atoms with Crippen molar-refractivity contribution in [1.82, 2.24) is 10.6 Å². The van der Waals surface area contributed by atoms with Crippen LogP contribution in [-0.4, -0.2) is 38.3 Å². The molecule has 4 heteroatoms. The van der Waals surface area contributed by atoms with Gasteiger partial charge in [-0.2, -0.15) is 0 Å². The number of amides is 1. The summed E-state index contributed by atoms with van der Waals surface area (Å²) in [5, 5.41) is 6.41. The Balaban J connectivity index is 2.16. The Morgan fingerprint density at radius 2 is 2.44 bits per heavy atom. The van der Waals surface area contributed by atoms with Crippen LogP contribution in [0.1, 0.15) is 33.1 Å². The Bertz CT molecular complexity index is 203. The Labute approximate surface area is 98.1 Å². The lowest BCUT2D eigenvalue weighted by Crippen LogP contribution is -2.44. The molecule has 0 aromatic carbocycles. The summed E-state index contributed by atoms with van der Waals surface area (Å²) in [5.41, 5.74) is 0. The molecule has 0 aromatic heterocycles. The van der Waals surface area contributed by atoms with Crippen LogP contribution >= 0.6 is 0 Å². The molecular formula is C12H24N2O2. The van der Waals surface area contributed by atoms with Crippen LogP contribution in [0.5, 0.6) is 0 Å². The van der Waals surface area contributed by atoms with Crippen molar-refractivity contribution in [3.63, 3.8) is 0 Å². The van der Waals surface area contributed by atoms with Crippen molar-refractivity contribution in [2.75, 3.05) is 26.3 Å². The summed E-state index contributed by atoms with van der Waals surface area (Å²) in [6, 6.07) is 0.266. The molecule has 1 aliphatic rings. The summed E-state index contributed by atoms with van der Waals surface area (Å²) >= 11 is 0. The maximum atomic E-state index is 11.6. The first-order valence-electron chi connectivity index (χ1n) is 6.32. The van der Waals surface area contributed by atoms with Gasteiger partial charge in [0.05, 0.1) is 6.61 Å². The van der Waals surface area contributed by atoms with Crippen LogP contribution in [0, 0.1) is 5.92 Å². The first-order valence-corrected chi connectivity index (χ1v) is 6.32. The molecule has 1 heterocycles. The molecule has 2 N–H and O–H groups in total. The number of carbonyl (C=O) groups is 1. The molecular weight excluding hydrogens is 204 g/mol. The van der Waals surface area contributed by atoms with Gasteiger partial charge in [0, 0.05) is 19.1 Å². The number of hydrogen-bond donors (Lipinski definition) is 2. The van der Waals surface area contributed by atoms with Gasteiger partial charge in [-0.15, -0.1) is 0 Å². The number of carbonyl (C=O) groups excluding carboxylic acids is 1. The van der Waals surface area contributed by atoms with E-state index in [9.17, 15) is 4.79 Å². The molecule has 1 rings (SSSR count). The third-order valence-electron chi connectivity index (χ3n) is 3.11. The second-order valence-electron chi connectivity index (χ2n) is 4.41. The number of ether oxygens (including phenoxy) is 1. The van der Waals surface area contributed by atoms with Gasteiger partial charge in [-0.25, -0.2) is 0 Å². The van der Waals surface area contributed by atoms with Gasteiger partial charge in [0.2, 0.25) is 5.91 Å². The van der Waals surface area contributed by atoms with Gasteiger partial charge in [0.1, 0.15) is 0 Å². The van der Waals surface area contributed by atoms with E-state index in [1.807, 2.05) is 6.92 Å². The fourth-order valence-corrected chi connectivity index (χ4v) is 2.06. The molecule has 1 aliphatic heterocycles. The molecule has 2 unspecified atom stereocenters. The van der Waals surface area contributed by atoms with E-state index >= 15 is 0 Å². The van der Waals surface area contributed by atoms with Crippen LogP contribution < -0.4 is 10.6 Å². The van der Waals surface area contributed by atoms with Crippen LogP contribution in [-0.2, 0) is 9.53 Å². The molecule has 1 amide bonds. The lowest BCUT2D eigenvalue weighted by molar-refractivity contribution is -0.123. The number of piperidine rings is 1. The number of rotatable bonds is 6. The van der Waals surface area contributed by atoms with E-state index in [1.165, 1.54) is 12.8 Å². The molecule has 1 fully saturated rings. The van der Waals surface area contributed by atoms with Crippen molar-refractivity contribution in [3.05, 3.63) is 0 Å². The summed E-state index contributed by atoms with van der Waals surface area (Å²) in [6.07, 6.45) is 2.89. The van der Waals surface area contributed by atoms with Crippen LogP contribution in [0.4, 0.5) is 0 Å². The third kappa shape index (κ3) is 4.94. The average molecular weight is 228 g/mol. The van der Waals surface area contributed by atoms with Crippen molar-refractivity contribution < 1.29 is 9.53 Å². The molecule has 2 atom stereocenters. The Morgan fingerprint density at radius 3 is 3.06 bits per heavy atom. The molecule has 0 bridgehead atoms. The zero-order valence-corrected chi connectivity index (χ0v) is 10.4. The SMILES string of the molecule is CCOCCC(=O)NC(C)C1CCCNC1. The lowest BCUT2D eigenvalue weighted by Gasteiger charge is -2.28. The van der Waals surface area contributed by atoms with Gasteiger partial charge in [0.15, 0.2) is 0 Å². The molecule has 1 saturated heterocycles. The Hall–Kier alpha value is -0.610. The summed E-state index contributed by atoms with van der Waals surface area (Å²) in [4.78, 5) is 11.6. The van der Waals surface area contributed by atoms with Crippen molar-refractivity contribution in [2.24, 2.45) is 5.92 Å². The fraction of sp³-hybridized carbons (Fsp3) is 0.917. The molecule has 0 spiro atoms. The van der Waals surface area contributed by atoms with Crippen molar-refractivity contribution in [1.29, 1.82) is 0 Å². The zero-order chi connectivity index (χ0) is 11.8. The second-order valence-corrected chi connectivity index (χ2v) is 4.41. The molecule has 0 saturated carbocycles. The normalized spacial score (nSPS) is 22.8. The first kappa shape index (κ1) is 13.5. The van der Waals surface area contributed by atoms with Gasteiger partial charge in [-0.05, 0) is 45.7 Å². The van der Waals surface area contributed by atoms with Crippen molar-refractivity contribution in [3.8, 4) is 0 Å². The second kappa shape index (κ2) is 7.63. The summed E-state index contributed by atoms with van der Waals surface area (Å²) < 4.78 is 5.16. The first-order chi connectivity index (χ1) is 7.74. The predicted octanol–water partition coefficient (Wildman–Crippen LogP) is 0.917. The number of nitrogens with one attached hydrogen (secondary N) is 2. The molecule has 0 radical (unpaired) electrons. The van der Waals surface area contributed by atoms with Crippen LogP contribution in [0.2, 0.25) is 0 Å². The highest BCUT2D eigenvalue weighted by atomic mass is 16.5. The van der Waals surface area contributed by atoms with Gasteiger partial charge in [-0.1, -0.05) is 0 Å². The molecule has 0 aromatic rings. The smallest absolute Gasteiger partial charge is 0.222 e. The standard InChI is InChI=1S/C12H24N2O2/c1-3-16-8-6-12(15)14-10(2)11-5-4-7-13-9-11/h10-11,13H,3-9H2,1-2H3,(H,14,15). The zero-order valence-electron chi connectivity index (χ0n) is 10.4. The van der Waals surface area contributed by atoms with E-state index in [0.29, 0.717) is 25.6 Å². The molecule has 0 aliphatic carbocycles. The maximum Gasteiger partial charge on any atom is 0.222 e. The van der Waals surface area contributed by atoms with Gasteiger partial charge in [0.25, 0.3) is 0 Å². The average Bonchev–Trinajstić information content (AvgIpc) is 2.30. The van der Waals surface area contributed by atoms with Crippen molar-refractivity contribution in [2.45, 2.75) is 39.2 Å². The topological polar surface area (TPSA) is 50.4 Å². The maximum absolute atomic E-state index is 11.6. The monoisotopic (exact) mass is 228 g/mol. The largest absolute Gasteiger partial charge is 0.381 e. The minimum absolute atomic E-state index is 0.103. The molecule has 94 valence electrons. The predicted molar refractivity (Wildman–Crippen MR) is 64.3 cm³/mol. The fourth-order valence-electron chi connectivity index (χ4n) is 2.06. The Kier molecular flexibility index (Phi) is 6.42. The summed E-state index contributed by atoms with van der Waals surface area (Å²) in [6.45, 7) is 7.37. The van der Waals surface area contributed by atoms with Gasteiger partial charge < -0.3 is 15.4 Å². The van der Waals surface area contributed by atoms with E-state index in [0.717, 1.165) is 13.1 Å². The van der Waals surface area contributed by atoms with Crippen molar-refractivity contribution >= 4 is 5.91 Å². The van der Waals surface area contributed by atoms with E-state index in [2.05, 4.69) is 17.6 Å². The van der Waals surface area contributed by atoms with Crippen LogP contribution in [0.25, 0.3) is 0 Å². The highest BCUT2D eigenvalue weighted by Crippen LogP contribution is 2.14. The van der Waals surface area contributed by atoms with Crippen LogP contribution in [0.3, 0.4) is 0 Å². The van der Waals surface area contributed by atoms with E-state index in [4.69, 9.17) is 4.74 Å².